The second-order valence-electron chi connectivity index (χ2n) is 5.63. The first-order valence-electron chi connectivity index (χ1n) is 7.97. The summed E-state index contributed by atoms with van der Waals surface area (Å²) in [6.07, 6.45) is 3.15. The van der Waals surface area contributed by atoms with Gasteiger partial charge in [0.15, 0.2) is 5.78 Å². The van der Waals surface area contributed by atoms with Gasteiger partial charge in [-0.1, -0.05) is 59.6 Å². The fraction of sp³-hybridized carbons (Fsp3) is 0.200. The maximum absolute atomic E-state index is 12.3. The van der Waals surface area contributed by atoms with Gasteiger partial charge in [-0.05, 0) is 49.1 Å². The van der Waals surface area contributed by atoms with E-state index in [9.17, 15) is 9.59 Å². The number of ketones is 1. The summed E-state index contributed by atoms with van der Waals surface area (Å²) in [7, 11) is 0. The van der Waals surface area contributed by atoms with Crippen LogP contribution in [0.2, 0.25) is 10.0 Å². The normalized spacial score (nSPS) is 11.2. The van der Waals surface area contributed by atoms with Gasteiger partial charge in [-0.15, -0.1) is 0 Å². The van der Waals surface area contributed by atoms with Crippen molar-refractivity contribution in [2.24, 2.45) is 0 Å². The monoisotopic (exact) mass is 375 g/mol. The lowest BCUT2D eigenvalue weighted by molar-refractivity contribution is -0.121. The summed E-state index contributed by atoms with van der Waals surface area (Å²) in [5.74, 6) is -0.710. The third-order valence-corrected chi connectivity index (χ3v) is 4.22. The Bertz CT molecular complexity index is 786. The summed E-state index contributed by atoms with van der Waals surface area (Å²) in [4.78, 5) is 24.1. The minimum atomic E-state index is -0.397. The van der Waals surface area contributed by atoms with Crippen LogP contribution in [0.4, 0.5) is 0 Å². The van der Waals surface area contributed by atoms with Crippen LogP contribution in [0, 0.1) is 0 Å². The van der Waals surface area contributed by atoms with Crippen LogP contribution in [-0.2, 0) is 16.0 Å². The van der Waals surface area contributed by atoms with Gasteiger partial charge in [-0.3, -0.25) is 9.59 Å². The van der Waals surface area contributed by atoms with Crippen LogP contribution < -0.4 is 5.32 Å². The number of amides is 1. The molecule has 0 spiro atoms. The molecule has 1 N–H and O–H groups in total. The zero-order valence-electron chi connectivity index (χ0n) is 13.9. The predicted molar refractivity (Wildman–Crippen MR) is 103 cm³/mol. The Labute approximate surface area is 157 Å². The molecule has 130 valence electrons. The molecule has 0 aromatic heterocycles. The topological polar surface area (TPSA) is 46.2 Å². The molecular weight excluding hydrogens is 357 g/mol. The van der Waals surface area contributed by atoms with E-state index >= 15 is 0 Å². The van der Waals surface area contributed by atoms with E-state index in [0.29, 0.717) is 22.2 Å². The van der Waals surface area contributed by atoms with Gasteiger partial charge >= 0.3 is 0 Å². The molecular formula is C20H19Cl2NO2. The Kier molecular flexibility index (Phi) is 7.23. The standard InChI is InChI=1S/C20H19Cl2NO2/c1-14(24)18(12-16-9-10-17(21)13-19(16)22)20(25)23-11-5-8-15-6-3-2-4-7-15/h2-4,6-7,9-10,12-13H,5,8,11H2,1H3,(H,23,25)/b18-12-. The molecule has 0 saturated heterocycles. The summed E-state index contributed by atoms with van der Waals surface area (Å²) < 4.78 is 0. The van der Waals surface area contributed by atoms with Crippen molar-refractivity contribution in [1.82, 2.24) is 5.32 Å². The van der Waals surface area contributed by atoms with Gasteiger partial charge in [-0.2, -0.15) is 0 Å². The first-order chi connectivity index (χ1) is 12.0. The Hall–Kier alpha value is -2.10. The quantitative estimate of drug-likeness (QED) is 0.329. The van der Waals surface area contributed by atoms with Crippen LogP contribution in [0.15, 0.2) is 54.1 Å². The highest BCUT2D eigenvalue weighted by molar-refractivity contribution is 6.36. The van der Waals surface area contributed by atoms with Crippen LogP contribution in [0.5, 0.6) is 0 Å². The molecule has 0 radical (unpaired) electrons. The molecule has 2 aromatic rings. The molecule has 5 heteroatoms. The molecule has 0 aliphatic carbocycles. The van der Waals surface area contributed by atoms with E-state index < -0.39 is 5.91 Å². The number of aryl methyl sites for hydroxylation is 1. The van der Waals surface area contributed by atoms with Gasteiger partial charge < -0.3 is 5.32 Å². The molecule has 0 unspecified atom stereocenters. The van der Waals surface area contributed by atoms with Crippen molar-refractivity contribution in [2.75, 3.05) is 6.54 Å². The minimum absolute atomic E-state index is 0.0731. The molecule has 0 aliphatic heterocycles. The lowest BCUT2D eigenvalue weighted by Crippen LogP contribution is -2.28. The Morgan fingerprint density at radius 2 is 1.80 bits per heavy atom. The number of carbonyl (C=O) groups excluding carboxylic acids is 2. The van der Waals surface area contributed by atoms with Crippen LogP contribution in [-0.4, -0.2) is 18.2 Å². The highest BCUT2D eigenvalue weighted by Gasteiger charge is 2.14. The van der Waals surface area contributed by atoms with Gasteiger partial charge in [0.05, 0.1) is 5.57 Å². The summed E-state index contributed by atoms with van der Waals surface area (Å²) in [5, 5.41) is 3.68. The fourth-order valence-corrected chi connectivity index (χ4v) is 2.80. The molecule has 25 heavy (non-hydrogen) atoms. The average molecular weight is 376 g/mol. The Balaban J connectivity index is 1.98. The van der Waals surface area contributed by atoms with E-state index in [1.807, 2.05) is 30.3 Å². The predicted octanol–water partition coefficient (Wildman–Crippen LogP) is 4.71. The van der Waals surface area contributed by atoms with Crippen LogP contribution in [0.3, 0.4) is 0 Å². The maximum atomic E-state index is 12.3. The summed E-state index contributed by atoms with van der Waals surface area (Å²) in [6, 6.07) is 14.9. The van der Waals surface area contributed by atoms with Crippen molar-refractivity contribution >= 4 is 41.0 Å². The van der Waals surface area contributed by atoms with E-state index in [4.69, 9.17) is 23.2 Å². The zero-order chi connectivity index (χ0) is 18.2. The molecule has 2 aromatic carbocycles. The second-order valence-corrected chi connectivity index (χ2v) is 6.47. The fourth-order valence-electron chi connectivity index (χ4n) is 2.34. The van der Waals surface area contributed by atoms with Gasteiger partial charge in [0.1, 0.15) is 0 Å². The van der Waals surface area contributed by atoms with Crippen molar-refractivity contribution in [3.63, 3.8) is 0 Å². The number of carbonyl (C=O) groups is 2. The summed E-state index contributed by atoms with van der Waals surface area (Å²) in [5.41, 5.74) is 1.87. The first-order valence-corrected chi connectivity index (χ1v) is 8.73. The highest BCUT2D eigenvalue weighted by Crippen LogP contribution is 2.23. The van der Waals surface area contributed by atoms with Crippen LogP contribution in [0.1, 0.15) is 24.5 Å². The van der Waals surface area contributed by atoms with Crippen molar-refractivity contribution < 1.29 is 9.59 Å². The first kappa shape index (κ1) is 19.2. The molecule has 0 saturated carbocycles. The van der Waals surface area contributed by atoms with E-state index in [-0.39, 0.29) is 11.4 Å². The molecule has 0 aliphatic rings. The van der Waals surface area contributed by atoms with Gasteiger partial charge in [0.2, 0.25) is 0 Å². The molecule has 3 nitrogen and oxygen atoms in total. The lowest BCUT2D eigenvalue weighted by atomic mass is 10.1. The van der Waals surface area contributed by atoms with Crippen molar-refractivity contribution in [1.29, 1.82) is 0 Å². The largest absolute Gasteiger partial charge is 0.352 e. The van der Waals surface area contributed by atoms with Crippen molar-refractivity contribution in [2.45, 2.75) is 19.8 Å². The lowest BCUT2D eigenvalue weighted by Gasteiger charge is -2.08. The van der Waals surface area contributed by atoms with Crippen molar-refractivity contribution in [3.8, 4) is 0 Å². The van der Waals surface area contributed by atoms with Gasteiger partial charge in [0.25, 0.3) is 5.91 Å². The number of benzene rings is 2. The second kappa shape index (κ2) is 9.40. The zero-order valence-corrected chi connectivity index (χ0v) is 15.4. The van der Waals surface area contributed by atoms with E-state index in [1.165, 1.54) is 18.6 Å². The summed E-state index contributed by atoms with van der Waals surface area (Å²) >= 11 is 12.0. The van der Waals surface area contributed by atoms with Gasteiger partial charge in [-0.25, -0.2) is 0 Å². The molecule has 0 bridgehead atoms. The minimum Gasteiger partial charge on any atom is -0.352 e. The molecule has 0 heterocycles. The smallest absolute Gasteiger partial charge is 0.254 e. The number of nitrogens with one attached hydrogen (secondary N) is 1. The maximum Gasteiger partial charge on any atom is 0.254 e. The third kappa shape index (κ3) is 6.04. The molecule has 0 atom stereocenters. The highest BCUT2D eigenvalue weighted by atomic mass is 35.5. The van der Waals surface area contributed by atoms with Crippen LogP contribution in [0.25, 0.3) is 6.08 Å². The SMILES string of the molecule is CC(=O)/C(=C/c1ccc(Cl)cc1Cl)C(=O)NCCCc1ccccc1. The molecule has 2 rings (SSSR count). The van der Waals surface area contributed by atoms with E-state index in [2.05, 4.69) is 5.32 Å². The van der Waals surface area contributed by atoms with E-state index in [0.717, 1.165) is 12.8 Å². The number of Topliss-reactive ketones (excluding diaryl/α,β-unsaturated/α-hetero) is 1. The number of hydrogen-bond donors (Lipinski definition) is 1. The number of hydrogen-bond acceptors (Lipinski definition) is 2. The summed E-state index contributed by atoms with van der Waals surface area (Å²) in [6.45, 7) is 1.85. The van der Waals surface area contributed by atoms with E-state index in [1.54, 1.807) is 18.2 Å². The average Bonchev–Trinajstić information content (AvgIpc) is 2.58. The Morgan fingerprint density at radius 1 is 1.08 bits per heavy atom. The molecule has 0 fully saturated rings. The Morgan fingerprint density at radius 3 is 2.44 bits per heavy atom. The van der Waals surface area contributed by atoms with Crippen molar-refractivity contribution in [3.05, 3.63) is 75.3 Å². The van der Waals surface area contributed by atoms with Crippen LogP contribution >= 0.6 is 23.2 Å². The number of rotatable bonds is 7. The van der Waals surface area contributed by atoms with Gasteiger partial charge in [0, 0.05) is 16.6 Å². The molecule has 1 amide bonds. The third-order valence-electron chi connectivity index (χ3n) is 3.66. The number of halogens is 2.